The molecule has 2 aromatic rings. The van der Waals surface area contributed by atoms with Gasteiger partial charge in [-0.3, -0.25) is 0 Å². The molecule has 0 radical (unpaired) electrons. The summed E-state index contributed by atoms with van der Waals surface area (Å²) in [6, 6.07) is 9.59. The molecule has 1 aliphatic heterocycles. The summed E-state index contributed by atoms with van der Waals surface area (Å²) in [6.07, 6.45) is 1.87. The Kier molecular flexibility index (Phi) is 4.00. The first-order chi connectivity index (χ1) is 10.1. The van der Waals surface area contributed by atoms with Crippen LogP contribution < -0.4 is 10.6 Å². The minimum atomic E-state index is -0.174. The van der Waals surface area contributed by atoms with Crippen LogP contribution in [0.3, 0.4) is 0 Å². The van der Waals surface area contributed by atoms with Crippen molar-refractivity contribution in [3.63, 3.8) is 0 Å². The number of hydrogen-bond donors (Lipinski definition) is 1. The fourth-order valence-electron chi connectivity index (χ4n) is 3.10. The number of benzene rings is 1. The summed E-state index contributed by atoms with van der Waals surface area (Å²) in [7, 11) is 0. The van der Waals surface area contributed by atoms with E-state index in [1.165, 1.54) is 15.3 Å². The number of anilines is 1. The van der Waals surface area contributed by atoms with Crippen LogP contribution in [0.1, 0.15) is 34.7 Å². The second-order valence-corrected chi connectivity index (χ2v) is 7.00. The molecule has 0 spiro atoms. The van der Waals surface area contributed by atoms with Crippen LogP contribution in [0.15, 0.2) is 30.3 Å². The van der Waals surface area contributed by atoms with Gasteiger partial charge in [-0.25, -0.2) is 4.39 Å². The number of aryl methyl sites for hydroxylation is 1. The molecule has 2 N–H and O–H groups in total. The van der Waals surface area contributed by atoms with Gasteiger partial charge >= 0.3 is 0 Å². The van der Waals surface area contributed by atoms with Crippen LogP contribution in [0.2, 0.25) is 0 Å². The third-order valence-electron chi connectivity index (χ3n) is 4.24. The number of fused-ring (bicyclic) bond motifs is 1. The van der Waals surface area contributed by atoms with E-state index >= 15 is 0 Å². The quantitative estimate of drug-likeness (QED) is 0.924. The smallest absolute Gasteiger partial charge is 0.125 e. The summed E-state index contributed by atoms with van der Waals surface area (Å²) < 4.78 is 13.6. The second-order valence-electron chi connectivity index (χ2n) is 5.68. The maximum Gasteiger partial charge on any atom is 0.125 e. The average molecular weight is 304 g/mol. The van der Waals surface area contributed by atoms with Gasteiger partial charge in [0.25, 0.3) is 0 Å². The van der Waals surface area contributed by atoms with Gasteiger partial charge in [0.15, 0.2) is 0 Å². The van der Waals surface area contributed by atoms with E-state index in [2.05, 4.69) is 30.9 Å². The molecule has 112 valence electrons. The molecule has 1 aromatic heterocycles. The number of hydrogen-bond acceptors (Lipinski definition) is 3. The summed E-state index contributed by atoms with van der Waals surface area (Å²) in [5, 5.41) is 0. The van der Waals surface area contributed by atoms with Gasteiger partial charge in [0.2, 0.25) is 0 Å². The minimum absolute atomic E-state index is 0.0530. The molecule has 2 atom stereocenters. The fourth-order valence-corrected chi connectivity index (χ4v) is 4.16. The predicted molar refractivity (Wildman–Crippen MR) is 87.5 cm³/mol. The molecule has 2 heterocycles. The second kappa shape index (κ2) is 5.78. The van der Waals surface area contributed by atoms with Crippen LogP contribution in [-0.2, 0) is 6.42 Å². The predicted octanol–water partition coefficient (Wildman–Crippen LogP) is 4.04. The van der Waals surface area contributed by atoms with Crippen LogP contribution in [0.25, 0.3) is 0 Å². The molecule has 0 saturated carbocycles. The number of thiophene rings is 1. The molecule has 0 aliphatic carbocycles. The van der Waals surface area contributed by atoms with Crippen molar-refractivity contribution in [3.05, 3.63) is 51.5 Å². The zero-order chi connectivity index (χ0) is 15.0. The molecule has 1 aliphatic rings. The first-order valence-electron chi connectivity index (χ1n) is 7.47. The lowest BCUT2D eigenvalue weighted by Gasteiger charge is -2.33. The van der Waals surface area contributed by atoms with Crippen molar-refractivity contribution in [2.24, 2.45) is 5.73 Å². The number of halogens is 1. The van der Waals surface area contributed by atoms with Crippen molar-refractivity contribution >= 4 is 17.0 Å². The summed E-state index contributed by atoms with van der Waals surface area (Å²) in [4.78, 5) is 4.86. The molecule has 21 heavy (non-hydrogen) atoms. The molecule has 0 fully saturated rings. The van der Waals surface area contributed by atoms with E-state index < -0.39 is 0 Å². The van der Waals surface area contributed by atoms with Gasteiger partial charge in [-0.15, -0.1) is 11.3 Å². The molecule has 0 amide bonds. The van der Waals surface area contributed by atoms with E-state index in [0.29, 0.717) is 0 Å². The van der Waals surface area contributed by atoms with E-state index in [4.69, 9.17) is 5.73 Å². The Morgan fingerprint density at radius 1 is 1.33 bits per heavy atom. The SMILES string of the molecule is CCC(N)C(c1ccc(C)s1)N1CCc2ccc(F)cc21. The Morgan fingerprint density at radius 2 is 2.14 bits per heavy atom. The molecule has 1 aromatic carbocycles. The van der Waals surface area contributed by atoms with E-state index in [-0.39, 0.29) is 17.9 Å². The first kappa shape index (κ1) is 14.5. The van der Waals surface area contributed by atoms with E-state index in [0.717, 1.165) is 25.1 Å². The Hall–Kier alpha value is -1.39. The summed E-state index contributed by atoms with van der Waals surface area (Å²) in [5.41, 5.74) is 8.63. The third-order valence-corrected chi connectivity index (χ3v) is 5.32. The zero-order valence-electron chi connectivity index (χ0n) is 12.5. The lowest BCUT2D eigenvalue weighted by molar-refractivity contribution is 0.503. The first-order valence-corrected chi connectivity index (χ1v) is 8.28. The molecule has 0 saturated heterocycles. The fraction of sp³-hybridized carbons (Fsp3) is 0.412. The Bertz CT molecular complexity index is 637. The van der Waals surface area contributed by atoms with E-state index in [1.807, 2.05) is 6.07 Å². The summed E-state index contributed by atoms with van der Waals surface area (Å²) in [6.45, 7) is 5.13. The number of nitrogens with zero attached hydrogens (tertiary/aromatic N) is 1. The van der Waals surface area contributed by atoms with Crippen LogP contribution in [0, 0.1) is 12.7 Å². The van der Waals surface area contributed by atoms with Gasteiger partial charge < -0.3 is 10.6 Å². The molecular formula is C17H21FN2S. The topological polar surface area (TPSA) is 29.3 Å². The van der Waals surface area contributed by atoms with Gasteiger partial charge in [0.05, 0.1) is 6.04 Å². The van der Waals surface area contributed by atoms with E-state index in [1.54, 1.807) is 23.5 Å². The van der Waals surface area contributed by atoms with Crippen LogP contribution in [0.4, 0.5) is 10.1 Å². The molecule has 2 unspecified atom stereocenters. The highest BCUT2D eigenvalue weighted by molar-refractivity contribution is 7.12. The molecule has 0 bridgehead atoms. The Balaban J connectivity index is 2.01. The lowest BCUT2D eigenvalue weighted by atomic mass is 10.0. The van der Waals surface area contributed by atoms with Gasteiger partial charge in [0, 0.05) is 28.0 Å². The number of nitrogens with two attached hydrogens (primary N) is 1. The largest absolute Gasteiger partial charge is 0.361 e. The van der Waals surface area contributed by atoms with Gasteiger partial charge in [0.1, 0.15) is 5.82 Å². The Labute approximate surface area is 129 Å². The lowest BCUT2D eigenvalue weighted by Crippen LogP contribution is -2.39. The molecule has 2 nitrogen and oxygen atoms in total. The maximum absolute atomic E-state index is 13.6. The van der Waals surface area contributed by atoms with Gasteiger partial charge in [-0.2, -0.15) is 0 Å². The van der Waals surface area contributed by atoms with E-state index in [9.17, 15) is 4.39 Å². The minimum Gasteiger partial charge on any atom is -0.361 e. The van der Waals surface area contributed by atoms with Crippen molar-refractivity contribution in [1.82, 2.24) is 0 Å². The zero-order valence-corrected chi connectivity index (χ0v) is 13.3. The highest BCUT2D eigenvalue weighted by Gasteiger charge is 2.31. The summed E-state index contributed by atoms with van der Waals surface area (Å²) in [5.74, 6) is -0.174. The highest BCUT2D eigenvalue weighted by Crippen LogP contribution is 2.39. The Morgan fingerprint density at radius 3 is 2.81 bits per heavy atom. The number of rotatable bonds is 4. The standard InChI is InChI=1S/C17H21FN2S/c1-3-14(19)17(16-7-4-11(2)21-16)20-9-8-12-5-6-13(18)10-15(12)20/h4-7,10,14,17H,3,8-9,19H2,1-2H3. The monoisotopic (exact) mass is 304 g/mol. The summed E-state index contributed by atoms with van der Waals surface area (Å²) >= 11 is 1.79. The molecule has 4 heteroatoms. The molecular weight excluding hydrogens is 283 g/mol. The van der Waals surface area contributed by atoms with Gasteiger partial charge in [-0.05, 0) is 49.6 Å². The average Bonchev–Trinajstić information content (AvgIpc) is 3.06. The normalized spacial score (nSPS) is 16.9. The van der Waals surface area contributed by atoms with Crippen LogP contribution >= 0.6 is 11.3 Å². The van der Waals surface area contributed by atoms with Crippen molar-refractivity contribution in [3.8, 4) is 0 Å². The third kappa shape index (κ3) is 2.70. The van der Waals surface area contributed by atoms with Crippen LogP contribution in [0.5, 0.6) is 0 Å². The van der Waals surface area contributed by atoms with Crippen molar-refractivity contribution in [1.29, 1.82) is 0 Å². The maximum atomic E-state index is 13.6. The van der Waals surface area contributed by atoms with Crippen molar-refractivity contribution in [2.75, 3.05) is 11.4 Å². The van der Waals surface area contributed by atoms with Crippen molar-refractivity contribution in [2.45, 2.75) is 38.8 Å². The molecule has 3 rings (SSSR count). The van der Waals surface area contributed by atoms with Crippen LogP contribution in [-0.4, -0.2) is 12.6 Å². The highest BCUT2D eigenvalue weighted by atomic mass is 32.1. The van der Waals surface area contributed by atoms with Gasteiger partial charge in [-0.1, -0.05) is 13.0 Å². The van der Waals surface area contributed by atoms with Crippen molar-refractivity contribution < 1.29 is 4.39 Å².